The molecule has 0 aliphatic carbocycles. The number of nitrogens with one attached hydrogen (secondary N) is 2. The minimum atomic E-state index is -0.292. The second-order valence-electron chi connectivity index (χ2n) is 5.58. The molecular formula is C17H19N5O. The standard InChI is InChI=1S/C17H19N5O/c1-21(2)16-7-5-14(11-18-16)20-17(23)19-13-4-6-15-12(10-13)8-9-22(15)3/h4-11H,1-3H3,(H2,19,20,23). The topological polar surface area (TPSA) is 62.2 Å². The van der Waals surface area contributed by atoms with E-state index in [9.17, 15) is 4.79 Å². The quantitative estimate of drug-likeness (QED) is 0.780. The number of carbonyl (C=O) groups excluding carboxylic acids is 1. The van der Waals surface area contributed by atoms with E-state index in [1.807, 2.05) is 73.2 Å². The van der Waals surface area contributed by atoms with Crippen molar-refractivity contribution in [3.8, 4) is 0 Å². The third kappa shape index (κ3) is 3.26. The fourth-order valence-electron chi connectivity index (χ4n) is 2.38. The van der Waals surface area contributed by atoms with Gasteiger partial charge in [-0.2, -0.15) is 0 Å². The van der Waals surface area contributed by atoms with Gasteiger partial charge in [0.25, 0.3) is 0 Å². The van der Waals surface area contributed by atoms with Crippen LogP contribution >= 0.6 is 0 Å². The zero-order valence-electron chi connectivity index (χ0n) is 13.4. The Kier molecular flexibility index (Phi) is 3.89. The molecule has 2 N–H and O–H groups in total. The number of aryl methyl sites for hydroxylation is 1. The molecule has 118 valence electrons. The lowest BCUT2D eigenvalue weighted by atomic mass is 10.2. The molecular weight excluding hydrogens is 290 g/mol. The summed E-state index contributed by atoms with van der Waals surface area (Å²) in [5, 5.41) is 6.69. The van der Waals surface area contributed by atoms with Crippen molar-refractivity contribution in [2.45, 2.75) is 0 Å². The maximum Gasteiger partial charge on any atom is 0.323 e. The number of hydrogen-bond donors (Lipinski definition) is 2. The number of nitrogens with zero attached hydrogens (tertiary/aromatic N) is 3. The molecule has 0 saturated heterocycles. The predicted molar refractivity (Wildman–Crippen MR) is 94.1 cm³/mol. The Balaban J connectivity index is 1.68. The van der Waals surface area contributed by atoms with Crippen LogP contribution in [0, 0.1) is 0 Å². The number of benzene rings is 1. The lowest BCUT2D eigenvalue weighted by Gasteiger charge is -2.12. The minimum absolute atomic E-state index is 0.292. The molecule has 0 aliphatic rings. The zero-order chi connectivity index (χ0) is 16.4. The van der Waals surface area contributed by atoms with Gasteiger partial charge in [-0.1, -0.05) is 0 Å². The summed E-state index contributed by atoms with van der Waals surface area (Å²) < 4.78 is 2.04. The second-order valence-corrected chi connectivity index (χ2v) is 5.58. The van der Waals surface area contributed by atoms with Crippen molar-refractivity contribution in [2.24, 2.45) is 7.05 Å². The number of urea groups is 1. The Bertz CT molecular complexity index is 836. The number of rotatable bonds is 3. The number of anilines is 3. The third-order valence-electron chi connectivity index (χ3n) is 3.61. The van der Waals surface area contributed by atoms with Gasteiger partial charge in [0.05, 0.1) is 11.9 Å². The highest BCUT2D eigenvalue weighted by Gasteiger charge is 2.05. The molecule has 0 spiro atoms. The van der Waals surface area contributed by atoms with Gasteiger partial charge in [0, 0.05) is 43.9 Å². The molecule has 0 aliphatic heterocycles. The van der Waals surface area contributed by atoms with E-state index in [4.69, 9.17) is 0 Å². The van der Waals surface area contributed by atoms with Crippen molar-refractivity contribution >= 4 is 34.1 Å². The maximum absolute atomic E-state index is 12.1. The van der Waals surface area contributed by atoms with Gasteiger partial charge in [-0.15, -0.1) is 0 Å². The monoisotopic (exact) mass is 309 g/mol. The fourth-order valence-corrected chi connectivity index (χ4v) is 2.38. The molecule has 0 saturated carbocycles. The van der Waals surface area contributed by atoms with Crippen LogP contribution in [0.1, 0.15) is 0 Å². The van der Waals surface area contributed by atoms with Crippen LogP contribution in [-0.2, 0) is 7.05 Å². The van der Waals surface area contributed by atoms with Crippen molar-refractivity contribution in [1.29, 1.82) is 0 Å². The first kappa shape index (κ1) is 14.9. The summed E-state index contributed by atoms with van der Waals surface area (Å²) in [7, 11) is 5.83. The first-order valence-electron chi connectivity index (χ1n) is 7.29. The lowest BCUT2D eigenvalue weighted by molar-refractivity contribution is 0.262. The normalized spacial score (nSPS) is 10.6. The molecule has 0 atom stereocenters. The SMILES string of the molecule is CN(C)c1ccc(NC(=O)Nc2ccc3c(ccn3C)c2)cn1. The Hall–Kier alpha value is -3.02. The Morgan fingerprint density at radius 3 is 2.52 bits per heavy atom. The summed E-state index contributed by atoms with van der Waals surface area (Å²) in [6, 6.07) is 11.2. The first-order valence-corrected chi connectivity index (χ1v) is 7.29. The molecule has 0 bridgehead atoms. The summed E-state index contributed by atoms with van der Waals surface area (Å²) in [6.45, 7) is 0. The number of fused-ring (bicyclic) bond motifs is 1. The average Bonchev–Trinajstić information content (AvgIpc) is 2.88. The lowest BCUT2D eigenvalue weighted by Crippen LogP contribution is -2.19. The first-order chi connectivity index (χ1) is 11.0. The molecule has 0 unspecified atom stereocenters. The van der Waals surface area contributed by atoms with Gasteiger partial charge >= 0.3 is 6.03 Å². The van der Waals surface area contributed by atoms with E-state index < -0.39 is 0 Å². The Morgan fingerprint density at radius 2 is 1.83 bits per heavy atom. The number of pyridine rings is 1. The van der Waals surface area contributed by atoms with Crippen LogP contribution in [0.25, 0.3) is 10.9 Å². The van der Waals surface area contributed by atoms with Crippen molar-refractivity contribution in [1.82, 2.24) is 9.55 Å². The summed E-state index contributed by atoms with van der Waals surface area (Å²) in [5.41, 5.74) is 2.52. The Morgan fingerprint density at radius 1 is 1.09 bits per heavy atom. The highest BCUT2D eigenvalue weighted by Crippen LogP contribution is 2.20. The van der Waals surface area contributed by atoms with Gasteiger partial charge in [0.1, 0.15) is 5.82 Å². The number of hydrogen-bond acceptors (Lipinski definition) is 3. The fraction of sp³-hybridized carbons (Fsp3) is 0.176. The van der Waals surface area contributed by atoms with Crippen LogP contribution in [-0.4, -0.2) is 29.7 Å². The largest absolute Gasteiger partial charge is 0.363 e. The molecule has 2 amide bonds. The number of aromatic nitrogens is 2. The van der Waals surface area contributed by atoms with E-state index in [-0.39, 0.29) is 6.03 Å². The van der Waals surface area contributed by atoms with Crippen LogP contribution < -0.4 is 15.5 Å². The number of carbonyl (C=O) groups is 1. The van der Waals surface area contributed by atoms with Crippen LogP contribution in [0.15, 0.2) is 48.8 Å². The summed E-state index contributed by atoms with van der Waals surface area (Å²) in [6.07, 6.45) is 3.63. The Labute approximate surface area is 134 Å². The highest BCUT2D eigenvalue weighted by molar-refractivity contribution is 6.01. The smallest absolute Gasteiger partial charge is 0.323 e. The van der Waals surface area contributed by atoms with E-state index in [0.29, 0.717) is 5.69 Å². The molecule has 3 rings (SSSR count). The van der Waals surface area contributed by atoms with Gasteiger partial charge in [0.2, 0.25) is 0 Å². The van der Waals surface area contributed by atoms with Gasteiger partial charge in [-0.25, -0.2) is 9.78 Å². The van der Waals surface area contributed by atoms with E-state index in [1.54, 1.807) is 6.20 Å². The summed E-state index contributed by atoms with van der Waals surface area (Å²) in [5.74, 6) is 0.838. The van der Waals surface area contributed by atoms with E-state index in [2.05, 4.69) is 15.6 Å². The predicted octanol–water partition coefficient (Wildman–Crippen LogP) is 3.28. The van der Waals surface area contributed by atoms with Gasteiger partial charge in [-0.3, -0.25) is 0 Å². The van der Waals surface area contributed by atoms with Crippen LogP contribution in [0.2, 0.25) is 0 Å². The zero-order valence-corrected chi connectivity index (χ0v) is 13.4. The molecule has 0 fully saturated rings. The maximum atomic E-state index is 12.1. The molecule has 0 radical (unpaired) electrons. The molecule has 3 aromatic rings. The molecule has 2 heterocycles. The van der Waals surface area contributed by atoms with Gasteiger partial charge in [0.15, 0.2) is 0 Å². The van der Waals surface area contributed by atoms with E-state index >= 15 is 0 Å². The summed E-state index contributed by atoms with van der Waals surface area (Å²) in [4.78, 5) is 18.2. The van der Waals surface area contributed by atoms with Crippen molar-refractivity contribution < 1.29 is 4.79 Å². The van der Waals surface area contributed by atoms with Gasteiger partial charge < -0.3 is 20.1 Å². The minimum Gasteiger partial charge on any atom is -0.363 e. The average molecular weight is 309 g/mol. The van der Waals surface area contributed by atoms with Gasteiger partial charge in [-0.05, 0) is 36.4 Å². The number of amides is 2. The molecule has 6 nitrogen and oxygen atoms in total. The third-order valence-corrected chi connectivity index (χ3v) is 3.61. The van der Waals surface area contributed by atoms with Crippen LogP contribution in [0.4, 0.5) is 22.0 Å². The molecule has 6 heteroatoms. The van der Waals surface area contributed by atoms with Crippen molar-refractivity contribution in [2.75, 3.05) is 29.6 Å². The van der Waals surface area contributed by atoms with E-state index in [1.165, 1.54) is 0 Å². The van der Waals surface area contributed by atoms with Crippen molar-refractivity contribution in [3.63, 3.8) is 0 Å². The molecule has 2 aromatic heterocycles. The second kappa shape index (κ2) is 6.00. The van der Waals surface area contributed by atoms with Crippen LogP contribution in [0.3, 0.4) is 0 Å². The van der Waals surface area contributed by atoms with Crippen LogP contribution in [0.5, 0.6) is 0 Å². The molecule has 23 heavy (non-hydrogen) atoms. The molecule has 1 aromatic carbocycles. The van der Waals surface area contributed by atoms with Crippen molar-refractivity contribution in [3.05, 3.63) is 48.8 Å². The summed E-state index contributed by atoms with van der Waals surface area (Å²) >= 11 is 0. The van der Waals surface area contributed by atoms with E-state index in [0.717, 1.165) is 22.4 Å². The highest BCUT2D eigenvalue weighted by atomic mass is 16.2.